The maximum atomic E-state index is 12.4. The number of rotatable bonds is 7. The van der Waals surface area contributed by atoms with Crippen molar-refractivity contribution < 1.29 is 13.3 Å². The zero-order chi connectivity index (χ0) is 21.0. The molecule has 3 aromatic rings. The van der Waals surface area contributed by atoms with Crippen LogP contribution in [0.4, 0.5) is 23.0 Å². The van der Waals surface area contributed by atoms with Crippen molar-refractivity contribution in [2.24, 2.45) is 0 Å². The number of nitro groups is 1. The Labute approximate surface area is 167 Å². The van der Waals surface area contributed by atoms with E-state index in [1.165, 1.54) is 12.1 Å². The molecule has 2 aromatic carbocycles. The second-order valence-corrected chi connectivity index (χ2v) is 7.90. The number of hydrogen-bond acceptors (Lipinski definition) is 8. The Hall–Kier alpha value is -3.57. The first-order chi connectivity index (χ1) is 13.8. The highest BCUT2D eigenvalue weighted by Crippen LogP contribution is 2.31. The largest absolute Gasteiger partial charge is 0.354 e. The van der Waals surface area contributed by atoms with Crippen LogP contribution in [0.25, 0.3) is 0 Å². The molecule has 0 fully saturated rings. The topological polar surface area (TPSA) is 139 Å². The first kappa shape index (κ1) is 20.2. The highest BCUT2D eigenvalue weighted by Gasteiger charge is 2.25. The van der Waals surface area contributed by atoms with E-state index in [1.54, 1.807) is 30.3 Å². The lowest BCUT2D eigenvalue weighted by molar-refractivity contribution is -0.383. The summed E-state index contributed by atoms with van der Waals surface area (Å²) in [6, 6.07) is 13.3. The zero-order valence-corrected chi connectivity index (χ0v) is 16.4. The number of benzene rings is 2. The lowest BCUT2D eigenvalue weighted by atomic mass is 10.2. The lowest BCUT2D eigenvalue weighted by Gasteiger charge is -2.11. The molecule has 0 bridgehead atoms. The fourth-order valence-corrected chi connectivity index (χ4v) is 3.33. The first-order valence-corrected chi connectivity index (χ1v) is 9.92. The monoisotopic (exact) mass is 414 g/mol. The van der Waals surface area contributed by atoms with E-state index in [-0.39, 0.29) is 16.5 Å². The Morgan fingerprint density at radius 1 is 0.966 bits per heavy atom. The molecule has 0 amide bonds. The van der Waals surface area contributed by atoms with E-state index in [2.05, 4.69) is 25.5 Å². The summed E-state index contributed by atoms with van der Waals surface area (Å²) in [7, 11) is -3.96. The average molecular weight is 414 g/mol. The van der Waals surface area contributed by atoms with E-state index < -0.39 is 20.6 Å². The molecule has 150 valence electrons. The third-order valence-electron chi connectivity index (χ3n) is 3.92. The summed E-state index contributed by atoms with van der Waals surface area (Å²) >= 11 is 0. The Bertz CT molecular complexity index is 1150. The van der Waals surface area contributed by atoms with Gasteiger partial charge < -0.3 is 5.32 Å². The normalized spacial score (nSPS) is 11.1. The van der Waals surface area contributed by atoms with E-state index in [1.807, 2.05) is 19.9 Å². The van der Waals surface area contributed by atoms with Gasteiger partial charge in [0.25, 0.3) is 10.0 Å². The van der Waals surface area contributed by atoms with Crippen molar-refractivity contribution in [2.75, 3.05) is 10.7 Å². The van der Waals surface area contributed by atoms with Crippen LogP contribution in [-0.2, 0) is 10.0 Å². The molecule has 0 aliphatic heterocycles. The van der Waals surface area contributed by atoms with Crippen LogP contribution in [0.2, 0.25) is 0 Å². The molecule has 0 spiro atoms. The minimum atomic E-state index is -3.96. The Morgan fingerprint density at radius 2 is 1.66 bits per heavy atom. The highest BCUT2D eigenvalue weighted by atomic mass is 32.2. The molecule has 11 heteroatoms. The standard InChI is InChI=1S/C18H18N6O4S/c1-12-6-8-15(9-7-12)29(27,28)23-22-18-16(24(25)26)17(19-11-20-18)21-14-5-3-4-13(2)10-14/h3-11,23H,1-2H3,(H2,19,20,21,22). The summed E-state index contributed by atoms with van der Waals surface area (Å²) < 4.78 is 24.8. The Morgan fingerprint density at radius 3 is 2.31 bits per heavy atom. The van der Waals surface area contributed by atoms with Crippen molar-refractivity contribution in [3.05, 3.63) is 76.1 Å². The van der Waals surface area contributed by atoms with Gasteiger partial charge in [-0.25, -0.2) is 18.4 Å². The molecule has 0 saturated carbocycles. The van der Waals surface area contributed by atoms with Crippen molar-refractivity contribution in [3.8, 4) is 0 Å². The van der Waals surface area contributed by atoms with Gasteiger partial charge >= 0.3 is 5.69 Å². The summed E-state index contributed by atoms with van der Waals surface area (Å²) in [6.45, 7) is 3.71. The number of hydrazine groups is 1. The van der Waals surface area contributed by atoms with E-state index >= 15 is 0 Å². The second-order valence-electron chi connectivity index (χ2n) is 6.21. The van der Waals surface area contributed by atoms with Gasteiger partial charge in [-0.05, 0) is 43.7 Å². The second kappa shape index (κ2) is 8.20. The minimum Gasteiger partial charge on any atom is -0.334 e. The van der Waals surface area contributed by atoms with Crippen LogP contribution < -0.4 is 15.6 Å². The molecule has 0 atom stereocenters. The summed E-state index contributed by atoms with van der Waals surface area (Å²) in [5.41, 5.74) is 4.26. The smallest absolute Gasteiger partial charge is 0.334 e. The van der Waals surface area contributed by atoms with Gasteiger partial charge in [-0.15, -0.1) is 4.83 Å². The van der Waals surface area contributed by atoms with Crippen molar-refractivity contribution in [1.82, 2.24) is 14.8 Å². The van der Waals surface area contributed by atoms with Crippen molar-refractivity contribution >= 4 is 33.0 Å². The predicted molar refractivity (Wildman–Crippen MR) is 108 cm³/mol. The summed E-state index contributed by atoms with van der Waals surface area (Å²) in [5, 5.41) is 14.5. The molecule has 1 aromatic heterocycles. The zero-order valence-electron chi connectivity index (χ0n) is 15.6. The van der Waals surface area contributed by atoms with E-state index in [0.29, 0.717) is 5.69 Å². The number of sulfonamides is 1. The van der Waals surface area contributed by atoms with Crippen molar-refractivity contribution in [1.29, 1.82) is 0 Å². The van der Waals surface area contributed by atoms with Gasteiger partial charge in [0.2, 0.25) is 11.6 Å². The molecule has 10 nitrogen and oxygen atoms in total. The number of hydrogen-bond donors (Lipinski definition) is 3. The maximum absolute atomic E-state index is 12.4. The Kier molecular flexibility index (Phi) is 5.71. The van der Waals surface area contributed by atoms with Gasteiger partial charge in [0.05, 0.1) is 9.82 Å². The van der Waals surface area contributed by atoms with Gasteiger partial charge in [-0.2, -0.15) is 0 Å². The molecule has 3 N–H and O–H groups in total. The molecule has 0 aliphatic rings. The quantitative estimate of drug-likeness (QED) is 0.396. The van der Waals surface area contributed by atoms with Crippen molar-refractivity contribution in [3.63, 3.8) is 0 Å². The molecular formula is C18H18N6O4S. The fourth-order valence-electron chi connectivity index (χ4n) is 2.49. The number of anilines is 3. The van der Waals surface area contributed by atoms with Crippen LogP contribution in [0.3, 0.4) is 0 Å². The number of aryl methyl sites for hydroxylation is 2. The molecular weight excluding hydrogens is 396 g/mol. The lowest BCUT2D eigenvalue weighted by Crippen LogP contribution is -2.30. The van der Waals surface area contributed by atoms with Crippen LogP contribution in [-0.4, -0.2) is 23.3 Å². The van der Waals surface area contributed by atoms with Gasteiger partial charge in [0.1, 0.15) is 6.33 Å². The number of nitrogens with zero attached hydrogens (tertiary/aromatic N) is 3. The van der Waals surface area contributed by atoms with E-state index in [0.717, 1.165) is 17.5 Å². The van der Waals surface area contributed by atoms with Crippen LogP contribution in [0.1, 0.15) is 11.1 Å². The first-order valence-electron chi connectivity index (χ1n) is 8.44. The third kappa shape index (κ3) is 4.83. The number of aromatic nitrogens is 2. The average Bonchev–Trinajstić information content (AvgIpc) is 2.66. The number of nitrogens with one attached hydrogen (secondary N) is 3. The molecule has 0 aliphatic carbocycles. The maximum Gasteiger partial charge on any atom is 0.354 e. The molecule has 3 rings (SSSR count). The van der Waals surface area contributed by atoms with Crippen molar-refractivity contribution in [2.45, 2.75) is 18.7 Å². The fraction of sp³-hybridized carbons (Fsp3) is 0.111. The van der Waals surface area contributed by atoms with Gasteiger partial charge in [-0.3, -0.25) is 15.5 Å². The van der Waals surface area contributed by atoms with Crippen LogP contribution in [0.5, 0.6) is 0 Å². The van der Waals surface area contributed by atoms with Crippen LogP contribution in [0.15, 0.2) is 59.8 Å². The van der Waals surface area contributed by atoms with Crippen LogP contribution >= 0.6 is 0 Å². The van der Waals surface area contributed by atoms with Crippen LogP contribution in [0, 0.1) is 24.0 Å². The third-order valence-corrected chi connectivity index (χ3v) is 5.18. The highest BCUT2D eigenvalue weighted by molar-refractivity contribution is 7.89. The van der Waals surface area contributed by atoms with E-state index in [4.69, 9.17) is 0 Å². The molecule has 0 radical (unpaired) electrons. The molecule has 0 unspecified atom stereocenters. The SMILES string of the molecule is Cc1ccc(S(=O)(=O)NNc2ncnc(Nc3cccc(C)c3)c2[N+](=O)[O-])cc1. The molecule has 29 heavy (non-hydrogen) atoms. The van der Waals surface area contributed by atoms with Gasteiger partial charge in [0, 0.05) is 5.69 Å². The van der Waals surface area contributed by atoms with Gasteiger partial charge in [0.15, 0.2) is 0 Å². The summed E-state index contributed by atoms with van der Waals surface area (Å²) in [5.74, 6) is -0.372. The molecule has 0 saturated heterocycles. The molecule has 1 heterocycles. The Balaban J connectivity index is 1.87. The summed E-state index contributed by atoms with van der Waals surface area (Å²) in [6.07, 6.45) is 1.09. The summed E-state index contributed by atoms with van der Waals surface area (Å²) in [4.78, 5) is 20.7. The minimum absolute atomic E-state index is 0.00502. The van der Waals surface area contributed by atoms with Gasteiger partial charge in [-0.1, -0.05) is 29.8 Å². The predicted octanol–water partition coefficient (Wildman–Crippen LogP) is 3.05. The van der Waals surface area contributed by atoms with E-state index in [9.17, 15) is 18.5 Å².